The van der Waals surface area contributed by atoms with E-state index in [-0.39, 0.29) is 5.91 Å². The van der Waals surface area contributed by atoms with Gasteiger partial charge in [0, 0.05) is 44.6 Å². The van der Waals surface area contributed by atoms with Crippen LogP contribution in [-0.2, 0) is 16.0 Å². The zero-order valence-corrected chi connectivity index (χ0v) is 12.9. The number of hydrogen-bond donors (Lipinski definition) is 1. The predicted molar refractivity (Wildman–Crippen MR) is 83.7 cm³/mol. The van der Waals surface area contributed by atoms with E-state index in [1.165, 1.54) is 0 Å². The molecule has 1 aliphatic rings. The summed E-state index contributed by atoms with van der Waals surface area (Å²) in [5.74, 6) is 0.397. The van der Waals surface area contributed by atoms with Gasteiger partial charge in [-0.2, -0.15) is 0 Å². The quantitative estimate of drug-likeness (QED) is 0.897. The minimum absolute atomic E-state index is 0.0486. The zero-order valence-electron chi connectivity index (χ0n) is 12.9. The third-order valence-corrected chi connectivity index (χ3v) is 4.08. The number of aromatic nitrogens is 2. The van der Waals surface area contributed by atoms with Crippen molar-refractivity contribution in [1.29, 1.82) is 0 Å². The molecule has 22 heavy (non-hydrogen) atoms. The first kappa shape index (κ1) is 15.0. The Hall–Kier alpha value is -1.92. The molecule has 0 aromatic carbocycles. The van der Waals surface area contributed by atoms with Gasteiger partial charge < -0.3 is 14.5 Å². The topological polar surface area (TPSA) is 58.9 Å². The summed E-state index contributed by atoms with van der Waals surface area (Å²) in [6.45, 7) is 3.48. The molecule has 2 aromatic heterocycles. The SMILES string of the molecule is CNC(=O)CN1CCOCC(Cc2nccn3cccc23)C1. The summed E-state index contributed by atoms with van der Waals surface area (Å²) in [7, 11) is 1.67. The number of nitrogens with one attached hydrogen (secondary N) is 1. The summed E-state index contributed by atoms with van der Waals surface area (Å²) in [4.78, 5) is 18.3. The molecule has 3 rings (SSSR count). The Morgan fingerprint density at radius 2 is 2.41 bits per heavy atom. The monoisotopic (exact) mass is 302 g/mol. The molecule has 1 aliphatic heterocycles. The van der Waals surface area contributed by atoms with Crippen LogP contribution in [0.5, 0.6) is 0 Å². The van der Waals surface area contributed by atoms with Crippen molar-refractivity contribution >= 4 is 11.4 Å². The van der Waals surface area contributed by atoms with Crippen molar-refractivity contribution < 1.29 is 9.53 Å². The average molecular weight is 302 g/mol. The van der Waals surface area contributed by atoms with Crippen LogP contribution in [0.1, 0.15) is 5.69 Å². The van der Waals surface area contributed by atoms with Crippen molar-refractivity contribution in [2.24, 2.45) is 5.92 Å². The Balaban J connectivity index is 1.70. The Morgan fingerprint density at radius 3 is 3.27 bits per heavy atom. The molecule has 0 spiro atoms. The Labute approximate surface area is 130 Å². The normalized spacial score (nSPS) is 20.0. The van der Waals surface area contributed by atoms with E-state index in [0.717, 1.165) is 30.7 Å². The summed E-state index contributed by atoms with van der Waals surface area (Å²) in [5.41, 5.74) is 2.23. The molecule has 0 bridgehead atoms. The molecule has 2 aromatic rings. The number of likely N-dealkylation sites (N-methyl/N-ethyl adjacent to an activating group) is 1. The largest absolute Gasteiger partial charge is 0.380 e. The van der Waals surface area contributed by atoms with Crippen molar-refractivity contribution in [3.63, 3.8) is 0 Å². The van der Waals surface area contributed by atoms with Gasteiger partial charge >= 0.3 is 0 Å². The van der Waals surface area contributed by atoms with E-state index in [1.54, 1.807) is 7.05 Å². The molecule has 1 atom stereocenters. The van der Waals surface area contributed by atoms with Crippen LogP contribution in [0.15, 0.2) is 30.7 Å². The molecule has 1 unspecified atom stereocenters. The van der Waals surface area contributed by atoms with Crippen LogP contribution in [0, 0.1) is 5.92 Å². The number of rotatable bonds is 4. The number of ether oxygens (including phenoxy) is 1. The second-order valence-electron chi connectivity index (χ2n) is 5.73. The van der Waals surface area contributed by atoms with Crippen molar-refractivity contribution in [3.05, 3.63) is 36.4 Å². The van der Waals surface area contributed by atoms with Gasteiger partial charge in [0.25, 0.3) is 0 Å². The van der Waals surface area contributed by atoms with Crippen LogP contribution >= 0.6 is 0 Å². The van der Waals surface area contributed by atoms with Crippen molar-refractivity contribution in [2.75, 3.05) is 39.9 Å². The fourth-order valence-electron chi connectivity index (χ4n) is 2.96. The molecule has 3 heterocycles. The van der Waals surface area contributed by atoms with Gasteiger partial charge in [0.1, 0.15) is 0 Å². The van der Waals surface area contributed by atoms with Crippen LogP contribution in [0.2, 0.25) is 0 Å². The molecule has 1 amide bonds. The molecular formula is C16H22N4O2. The zero-order chi connectivity index (χ0) is 15.4. The number of carbonyl (C=O) groups excluding carboxylic acids is 1. The second-order valence-corrected chi connectivity index (χ2v) is 5.73. The molecule has 6 heteroatoms. The third kappa shape index (κ3) is 3.45. The molecule has 1 saturated heterocycles. The number of hydrogen-bond acceptors (Lipinski definition) is 4. The standard InChI is InChI=1S/C16H22N4O2/c1-17-16(21)11-19-7-8-22-12-13(10-19)9-14-15-3-2-5-20(15)6-4-18-14/h2-6,13H,7-12H2,1H3,(H,17,21). The van der Waals surface area contributed by atoms with E-state index in [1.807, 2.05) is 24.7 Å². The molecule has 1 N–H and O–H groups in total. The first-order chi connectivity index (χ1) is 10.8. The van der Waals surface area contributed by atoms with Gasteiger partial charge in [-0.05, 0) is 18.6 Å². The van der Waals surface area contributed by atoms with E-state index in [4.69, 9.17) is 4.74 Å². The third-order valence-electron chi connectivity index (χ3n) is 4.08. The number of amides is 1. The van der Waals surface area contributed by atoms with Gasteiger partial charge in [-0.1, -0.05) is 0 Å². The first-order valence-electron chi connectivity index (χ1n) is 7.67. The molecule has 1 fully saturated rings. The lowest BCUT2D eigenvalue weighted by molar-refractivity contribution is -0.121. The van der Waals surface area contributed by atoms with Crippen LogP contribution in [0.4, 0.5) is 0 Å². The van der Waals surface area contributed by atoms with Gasteiger partial charge in [0.05, 0.1) is 31.0 Å². The molecule has 6 nitrogen and oxygen atoms in total. The average Bonchev–Trinajstić information content (AvgIpc) is 2.90. The highest BCUT2D eigenvalue weighted by molar-refractivity contribution is 5.77. The van der Waals surface area contributed by atoms with Gasteiger partial charge in [-0.25, -0.2) is 0 Å². The van der Waals surface area contributed by atoms with Gasteiger partial charge in [0.15, 0.2) is 0 Å². The van der Waals surface area contributed by atoms with Crippen molar-refractivity contribution in [2.45, 2.75) is 6.42 Å². The molecule has 0 radical (unpaired) electrons. The summed E-state index contributed by atoms with van der Waals surface area (Å²) in [6.07, 6.45) is 6.68. The molecule has 0 aliphatic carbocycles. The van der Waals surface area contributed by atoms with Crippen molar-refractivity contribution in [3.8, 4) is 0 Å². The Morgan fingerprint density at radius 1 is 1.50 bits per heavy atom. The van der Waals surface area contributed by atoms with Crippen LogP contribution in [0.25, 0.3) is 5.52 Å². The molecule has 0 saturated carbocycles. The lowest BCUT2D eigenvalue weighted by Gasteiger charge is -2.22. The maximum Gasteiger partial charge on any atom is 0.233 e. The van der Waals surface area contributed by atoms with Gasteiger partial charge in [0.2, 0.25) is 5.91 Å². The van der Waals surface area contributed by atoms with Gasteiger partial charge in [-0.3, -0.25) is 14.7 Å². The minimum atomic E-state index is 0.0486. The lowest BCUT2D eigenvalue weighted by atomic mass is 10.0. The minimum Gasteiger partial charge on any atom is -0.380 e. The van der Waals surface area contributed by atoms with Crippen LogP contribution < -0.4 is 5.32 Å². The number of carbonyl (C=O) groups is 1. The summed E-state index contributed by atoms with van der Waals surface area (Å²) >= 11 is 0. The maximum atomic E-state index is 11.6. The van der Waals surface area contributed by atoms with Crippen LogP contribution in [-0.4, -0.2) is 60.1 Å². The summed E-state index contributed by atoms with van der Waals surface area (Å²) < 4.78 is 7.80. The number of fused-ring (bicyclic) bond motifs is 1. The summed E-state index contributed by atoms with van der Waals surface area (Å²) in [5, 5.41) is 2.68. The Bertz CT molecular complexity index is 640. The molecule has 118 valence electrons. The van der Waals surface area contributed by atoms with E-state index >= 15 is 0 Å². The fraction of sp³-hybridized carbons (Fsp3) is 0.500. The second kappa shape index (κ2) is 6.89. The lowest BCUT2D eigenvalue weighted by Crippen LogP contribution is -2.39. The van der Waals surface area contributed by atoms with E-state index in [9.17, 15) is 4.79 Å². The van der Waals surface area contributed by atoms with E-state index in [2.05, 4.69) is 25.7 Å². The van der Waals surface area contributed by atoms with Crippen LogP contribution in [0.3, 0.4) is 0 Å². The fourth-order valence-corrected chi connectivity index (χ4v) is 2.96. The van der Waals surface area contributed by atoms with E-state index in [0.29, 0.717) is 25.7 Å². The van der Waals surface area contributed by atoms with Crippen molar-refractivity contribution in [1.82, 2.24) is 19.6 Å². The Kier molecular flexibility index (Phi) is 4.70. The highest BCUT2D eigenvalue weighted by Crippen LogP contribution is 2.16. The maximum absolute atomic E-state index is 11.6. The highest BCUT2D eigenvalue weighted by Gasteiger charge is 2.21. The number of nitrogens with zero attached hydrogens (tertiary/aromatic N) is 3. The smallest absolute Gasteiger partial charge is 0.233 e. The van der Waals surface area contributed by atoms with E-state index < -0.39 is 0 Å². The first-order valence-corrected chi connectivity index (χ1v) is 7.67. The predicted octanol–water partition coefficient (Wildman–Crippen LogP) is 0.571. The van der Waals surface area contributed by atoms with Gasteiger partial charge in [-0.15, -0.1) is 0 Å². The summed E-state index contributed by atoms with van der Waals surface area (Å²) in [6, 6.07) is 4.12. The molecular weight excluding hydrogens is 280 g/mol. The highest BCUT2D eigenvalue weighted by atomic mass is 16.5.